The van der Waals surface area contributed by atoms with Crippen molar-refractivity contribution < 1.29 is 19.1 Å². The van der Waals surface area contributed by atoms with Gasteiger partial charge in [0.2, 0.25) is 11.8 Å². The van der Waals surface area contributed by atoms with E-state index in [2.05, 4.69) is 30.2 Å². The van der Waals surface area contributed by atoms with E-state index >= 15 is 0 Å². The Kier molecular flexibility index (Phi) is 11.8. The van der Waals surface area contributed by atoms with E-state index in [1.807, 2.05) is 59.7 Å². The molecule has 8 heteroatoms. The van der Waals surface area contributed by atoms with E-state index in [-0.39, 0.29) is 23.6 Å². The van der Waals surface area contributed by atoms with E-state index in [0.29, 0.717) is 6.42 Å². The summed E-state index contributed by atoms with van der Waals surface area (Å²) in [6.07, 6.45) is 1.66. The third kappa shape index (κ3) is 9.34. The molecule has 0 aliphatic carbocycles. The number of nitrogens with zero attached hydrogens (tertiary/aromatic N) is 1. The molecule has 204 valence electrons. The van der Waals surface area contributed by atoms with Crippen LogP contribution in [0.1, 0.15) is 97.4 Å². The smallest absolute Gasteiger partial charge is 0.408 e. The van der Waals surface area contributed by atoms with Crippen LogP contribution in [0.5, 0.6) is 0 Å². The molecule has 0 radical (unpaired) electrons. The number of alkyl carbamates (subject to hydrolysis) is 1. The van der Waals surface area contributed by atoms with Gasteiger partial charge < -0.3 is 20.3 Å². The molecule has 0 saturated heterocycles. The van der Waals surface area contributed by atoms with Crippen molar-refractivity contribution in [1.29, 1.82) is 0 Å². The SMILES string of the molecule is CCCC(C)NC(=O)C(c1cc(C)cc(C)c1)N(C(=O)C(CS)NC(=O)OC(C)(C)C)C(C)(C)CC. The predicted octanol–water partition coefficient (Wildman–Crippen LogP) is 5.49. The zero-order chi connectivity index (χ0) is 27.8. The van der Waals surface area contributed by atoms with Gasteiger partial charge in [0, 0.05) is 17.3 Å². The molecule has 1 aromatic rings. The van der Waals surface area contributed by atoms with E-state index in [0.717, 1.165) is 29.5 Å². The summed E-state index contributed by atoms with van der Waals surface area (Å²) < 4.78 is 5.38. The molecule has 0 bridgehead atoms. The number of thiol groups is 1. The lowest BCUT2D eigenvalue weighted by atomic mass is 9.91. The number of aryl methyl sites for hydroxylation is 2. The van der Waals surface area contributed by atoms with Gasteiger partial charge in [0.25, 0.3) is 0 Å². The van der Waals surface area contributed by atoms with E-state index in [1.165, 1.54) is 0 Å². The van der Waals surface area contributed by atoms with Gasteiger partial charge in [0.05, 0.1) is 0 Å². The molecule has 3 atom stereocenters. The molecule has 2 N–H and O–H groups in total. The van der Waals surface area contributed by atoms with Crippen LogP contribution in [0.4, 0.5) is 4.79 Å². The second kappa shape index (κ2) is 13.4. The lowest BCUT2D eigenvalue weighted by Gasteiger charge is -2.44. The number of hydrogen-bond donors (Lipinski definition) is 3. The standard InChI is InChI=1S/C28H47N3O4S/c1-11-13-20(5)29-24(32)23(21-15-18(3)14-19(4)16-21)31(28(9,10)12-2)25(33)22(17-36)30-26(34)35-27(6,7)8/h14-16,20,22-23,36H,11-13,17H2,1-10H3,(H,29,32)(H,30,34). The van der Waals surface area contributed by atoms with Gasteiger partial charge in [0.1, 0.15) is 17.7 Å². The first-order valence-corrected chi connectivity index (χ1v) is 13.5. The molecule has 0 spiro atoms. The number of rotatable bonds is 11. The normalized spacial score (nSPS) is 14.4. The van der Waals surface area contributed by atoms with Crippen molar-refractivity contribution in [3.63, 3.8) is 0 Å². The van der Waals surface area contributed by atoms with Gasteiger partial charge in [-0.2, -0.15) is 12.6 Å². The lowest BCUT2D eigenvalue weighted by Crippen LogP contribution is -2.60. The average molecular weight is 522 g/mol. The van der Waals surface area contributed by atoms with Crippen molar-refractivity contribution in [2.45, 2.75) is 118 Å². The zero-order valence-corrected chi connectivity index (χ0v) is 24.7. The molecule has 0 heterocycles. The van der Waals surface area contributed by atoms with Crippen LogP contribution in [0, 0.1) is 13.8 Å². The fourth-order valence-electron chi connectivity index (χ4n) is 4.16. The quantitative estimate of drug-likeness (QED) is 0.336. The number of carbonyl (C=O) groups excluding carboxylic acids is 3. The van der Waals surface area contributed by atoms with Gasteiger partial charge >= 0.3 is 6.09 Å². The first kappa shape index (κ1) is 31.8. The summed E-state index contributed by atoms with van der Waals surface area (Å²) in [5, 5.41) is 5.78. The number of ether oxygens (including phenoxy) is 1. The molecular formula is C28H47N3O4S. The van der Waals surface area contributed by atoms with Crippen molar-refractivity contribution in [1.82, 2.24) is 15.5 Å². The highest BCUT2D eigenvalue weighted by atomic mass is 32.1. The van der Waals surface area contributed by atoms with E-state index in [4.69, 9.17) is 4.74 Å². The molecule has 3 amide bonds. The first-order valence-electron chi connectivity index (χ1n) is 12.9. The molecule has 0 aliphatic heterocycles. The van der Waals surface area contributed by atoms with Gasteiger partial charge in [-0.25, -0.2) is 4.79 Å². The van der Waals surface area contributed by atoms with Crippen molar-refractivity contribution in [2.24, 2.45) is 0 Å². The maximum Gasteiger partial charge on any atom is 0.408 e. The summed E-state index contributed by atoms with van der Waals surface area (Å²) in [5.74, 6) is -0.571. The van der Waals surface area contributed by atoms with Crippen LogP contribution in [-0.2, 0) is 14.3 Å². The Bertz CT molecular complexity index is 890. The van der Waals surface area contributed by atoms with Gasteiger partial charge in [-0.05, 0) is 73.8 Å². The van der Waals surface area contributed by atoms with Crippen molar-refractivity contribution >= 4 is 30.5 Å². The molecule has 7 nitrogen and oxygen atoms in total. The fourth-order valence-corrected chi connectivity index (χ4v) is 4.41. The number of benzene rings is 1. The molecule has 1 rings (SSSR count). The van der Waals surface area contributed by atoms with Gasteiger partial charge in [-0.3, -0.25) is 9.59 Å². The third-order valence-corrected chi connectivity index (χ3v) is 6.47. The Balaban J connectivity index is 3.62. The maximum absolute atomic E-state index is 14.1. The minimum Gasteiger partial charge on any atom is -0.444 e. The van der Waals surface area contributed by atoms with Crippen LogP contribution >= 0.6 is 12.6 Å². The van der Waals surface area contributed by atoms with E-state index in [9.17, 15) is 14.4 Å². The van der Waals surface area contributed by atoms with Gasteiger partial charge in [-0.15, -0.1) is 0 Å². The summed E-state index contributed by atoms with van der Waals surface area (Å²) in [5.41, 5.74) is 1.33. The summed E-state index contributed by atoms with van der Waals surface area (Å²) in [7, 11) is 0. The Morgan fingerprint density at radius 2 is 1.56 bits per heavy atom. The predicted molar refractivity (Wildman–Crippen MR) is 149 cm³/mol. The number of carbonyl (C=O) groups is 3. The lowest BCUT2D eigenvalue weighted by molar-refractivity contribution is -0.149. The van der Waals surface area contributed by atoms with Crippen LogP contribution in [0.25, 0.3) is 0 Å². The fraction of sp³-hybridized carbons (Fsp3) is 0.679. The molecule has 36 heavy (non-hydrogen) atoms. The van der Waals surface area contributed by atoms with Crippen LogP contribution in [0.15, 0.2) is 18.2 Å². The largest absolute Gasteiger partial charge is 0.444 e. The Labute approximate surface area is 223 Å². The van der Waals surface area contributed by atoms with Gasteiger partial charge in [-0.1, -0.05) is 49.6 Å². The Morgan fingerprint density at radius 3 is 2.00 bits per heavy atom. The average Bonchev–Trinajstić information content (AvgIpc) is 2.73. The van der Waals surface area contributed by atoms with Crippen LogP contribution in [0.3, 0.4) is 0 Å². The number of hydrogen-bond acceptors (Lipinski definition) is 5. The molecular weight excluding hydrogens is 474 g/mol. The molecule has 1 aromatic carbocycles. The molecule has 0 saturated carbocycles. The molecule has 0 aromatic heterocycles. The summed E-state index contributed by atoms with van der Waals surface area (Å²) in [6, 6.07) is 4.04. The van der Waals surface area contributed by atoms with Crippen LogP contribution in [0.2, 0.25) is 0 Å². The highest BCUT2D eigenvalue weighted by Gasteiger charge is 2.43. The highest BCUT2D eigenvalue weighted by Crippen LogP contribution is 2.33. The zero-order valence-electron chi connectivity index (χ0n) is 23.8. The second-order valence-electron chi connectivity index (χ2n) is 11.3. The molecule has 0 aliphatic rings. The Hall–Kier alpha value is -2.22. The number of nitrogens with one attached hydrogen (secondary N) is 2. The minimum absolute atomic E-state index is 0.0434. The van der Waals surface area contributed by atoms with Crippen LogP contribution in [-0.4, -0.2) is 51.8 Å². The third-order valence-electron chi connectivity index (χ3n) is 6.10. The summed E-state index contributed by atoms with van der Waals surface area (Å²) in [4.78, 5) is 42.1. The highest BCUT2D eigenvalue weighted by molar-refractivity contribution is 7.80. The van der Waals surface area contributed by atoms with Gasteiger partial charge in [0.15, 0.2) is 0 Å². The van der Waals surface area contributed by atoms with Crippen LogP contribution < -0.4 is 10.6 Å². The minimum atomic E-state index is -0.969. The van der Waals surface area contributed by atoms with Crippen molar-refractivity contribution in [3.8, 4) is 0 Å². The summed E-state index contributed by atoms with van der Waals surface area (Å²) >= 11 is 4.37. The monoisotopic (exact) mass is 521 g/mol. The van der Waals surface area contributed by atoms with E-state index in [1.54, 1.807) is 25.7 Å². The van der Waals surface area contributed by atoms with Crippen molar-refractivity contribution in [2.75, 3.05) is 5.75 Å². The van der Waals surface area contributed by atoms with Crippen molar-refractivity contribution in [3.05, 3.63) is 34.9 Å². The topological polar surface area (TPSA) is 87.7 Å². The van der Waals surface area contributed by atoms with E-state index < -0.39 is 29.3 Å². The number of amides is 3. The maximum atomic E-state index is 14.1. The summed E-state index contributed by atoms with van der Waals surface area (Å²) in [6.45, 7) is 19.1. The molecule has 0 fully saturated rings. The molecule has 3 unspecified atom stereocenters. The first-order chi connectivity index (χ1) is 16.6. The second-order valence-corrected chi connectivity index (χ2v) is 11.6. The Morgan fingerprint density at radius 1 is 1.00 bits per heavy atom.